The second-order valence-electron chi connectivity index (χ2n) is 9.27. The molecule has 0 radical (unpaired) electrons. The number of rotatable bonds is 2. The summed E-state index contributed by atoms with van der Waals surface area (Å²) in [4.78, 5) is 33.7. The zero-order chi connectivity index (χ0) is 23.1. The number of pyridine rings is 1. The lowest BCUT2D eigenvalue weighted by atomic mass is 9.91. The van der Waals surface area contributed by atoms with Gasteiger partial charge >= 0.3 is 5.97 Å². The summed E-state index contributed by atoms with van der Waals surface area (Å²) in [6, 6.07) is 11.1. The van der Waals surface area contributed by atoms with Crippen molar-refractivity contribution in [1.82, 2.24) is 14.8 Å². The summed E-state index contributed by atoms with van der Waals surface area (Å²) in [5.74, 6) is -0.197. The molecule has 4 heterocycles. The number of hydrogen-bond acceptors (Lipinski definition) is 6. The summed E-state index contributed by atoms with van der Waals surface area (Å²) in [5.41, 5.74) is 1.24. The first kappa shape index (κ1) is 22.3. The van der Waals surface area contributed by atoms with E-state index in [4.69, 9.17) is 21.1 Å². The SMILES string of the molecule is CN1CCOCC1.O=C1OC2(CCN(C(=O)C3(c4ccc(Cl)nc4)CC3)C2)c2ccccc21. The number of ether oxygens (including phenoxy) is 2. The van der Waals surface area contributed by atoms with E-state index in [1.807, 2.05) is 29.2 Å². The number of aromatic nitrogens is 1. The van der Waals surface area contributed by atoms with Crippen LogP contribution in [0.2, 0.25) is 5.15 Å². The van der Waals surface area contributed by atoms with Crippen molar-refractivity contribution in [3.63, 3.8) is 0 Å². The molecule has 2 saturated heterocycles. The fourth-order valence-corrected chi connectivity index (χ4v) is 5.08. The maximum absolute atomic E-state index is 13.3. The normalized spacial score (nSPS) is 25.3. The van der Waals surface area contributed by atoms with E-state index < -0.39 is 11.0 Å². The fourth-order valence-electron chi connectivity index (χ4n) is 4.97. The summed E-state index contributed by atoms with van der Waals surface area (Å²) in [6.45, 7) is 5.02. The number of carbonyl (C=O) groups is 2. The number of hydrogen-bond donors (Lipinski definition) is 0. The van der Waals surface area contributed by atoms with Crippen LogP contribution in [0.1, 0.15) is 40.7 Å². The van der Waals surface area contributed by atoms with E-state index in [-0.39, 0.29) is 11.9 Å². The number of morpholine rings is 1. The molecule has 1 aliphatic carbocycles. The van der Waals surface area contributed by atoms with E-state index >= 15 is 0 Å². The van der Waals surface area contributed by atoms with E-state index in [1.54, 1.807) is 18.3 Å². The Morgan fingerprint density at radius 2 is 1.82 bits per heavy atom. The van der Waals surface area contributed by atoms with Crippen LogP contribution in [0, 0.1) is 0 Å². The van der Waals surface area contributed by atoms with Crippen LogP contribution < -0.4 is 0 Å². The minimum atomic E-state index is -0.697. The Bertz CT molecular complexity index is 1050. The molecule has 0 bridgehead atoms. The number of esters is 1. The molecule has 2 aromatic rings. The van der Waals surface area contributed by atoms with Gasteiger partial charge in [-0.3, -0.25) is 4.79 Å². The summed E-state index contributed by atoms with van der Waals surface area (Å²) in [5, 5.41) is 0.423. The van der Waals surface area contributed by atoms with Gasteiger partial charge in [-0.2, -0.15) is 0 Å². The average molecular weight is 470 g/mol. The second kappa shape index (κ2) is 8.70. The maximum Gasteiger partial charge on any atom is 0.339 e. The fraction of sp³-hybridized carbons (Fsp3) is 0.480. The lowest BCUT2D eigenvalue weighted by molar-refractivity contribution is -0.134. The molecule has 1 aromatic heterocycles. The molecule has 33 heavy (non-hydrogen) atoms. The van der Waals surface area contributed by atoms with Gasteiger partial charge in [0.2, 0.25) is 5.91 Å². The molecular formula is C25H28ClN3O4. The highest BCUT2D eigenvalue weighted by atomic mass is 35.5. The maximum atomic E-state index is 13.3. The van der Waals surface area contributed by atoms with Crippen molar-refractivity contribution in [3.8, 4) is 0 Å². The van der Waals surface area contributed by atoms with Gasteiger partial charge < -0.3 is 19.3 Å². The smallest absolute Gasteiger partial charge is 0.339 e. The van der Waals surface area contributed by atoms with Gasteiger partial charge in [-0.1, -0.05) is 35.9 Å². The Labute approximate surface area is 198 Å². The third-order valence-electron chi connectivity index (χ3n) is 7.12. The number of amides is 1. The summed E-state index contributed by atoms with van der Waals surface area (Å²) in [7, 11) is 2.11. The molecule has 0 N–H and O–H groups in total. The molecule has 1 spiro atoms. The third kappa shape index (κ3) is 4.14. The minimum absolute atomic E-state index is 0.0962. The quantitative estimate of drug-likeness (QED) is 0.497. The average Bonchev–Trinajstić information content (AvgIpc) is 3.46. The summed E-state index contributed by atoms with van der Waals surface area (Å²) >= 11 is 5.88. The molecular weight excluding hydrogens is 442 g/mol. The van der Waals surface area contributed by atoms with Gasteiger partial charge in [0.05, 0.1) is 30.7 Å². The van der Waals surface area contributed by atoms with E-state index in [9.17, 15) is 9.59 Å². The van der Waals surface area contributed by atoms with Crippen LogP contribution in [0.4, 0.5) is 0 Å². The standard InChI is InChI=1S/C20H17ClN2O3.C5H11NO/c21-16-6-5-13(11-22-16)19(7-8-19)18(25)23-10-9-20(12-23)15-4-2-1-3-14(15)17(24)26-20;1-6-2-4-7-5-3-6/h1-6,11H,7-10,12H2;2-5H2,1H3. The molecule has 7 nitrogen and oxygen atoms in total. The highest BCUT2D eigenvalue weighted by Crippen LogP contribution is 2.51. The van der Waals surface area contributed by atoms with Gasteiger partial charge in [-0.25, -0.2) is 9.78 Å². The monoisotopic (exact) mass is 469 g/mol. The van der Waals surface area contributed by atoms with Crippen LogP contribution in [-0.4, -0.2) is 73.1 Å². The van der Waals surface area contributed by atoms with Crippen molar-refractivity contribution in [1.29, 1.82) is 0 Å². The van der Waals surface area contributed by atoms with E-state index in [1.165, 1.54) is 0 Å². The zero-order valence-corrected chi connectivity index (χ0v) is 19.5. The number of carbonyl (C=O) groups excluding carboxylic acids is 2. The van der Waals surface area contributed by atoms with Gasteiger partial charge in [0.25, 0.3) is 0 Å². The van der Waals surface area contributed by atoms with Gasteiger partial charge in [0.15, 0.2) is 5.60 Å². The molecule has 1 amide bonds. The number of nitrogens with zero attached hydrogens (tertiary/aromatic N) is 3. The van der Waals surface area contributed by atoms with Crippen LogP contribution in [0.25, 0.3) is 0 Å². The predicted molar refractivity (Wildman–Crippen MR) is 123 cm³/mol. The Balaban J connectivity index is 0.000000281. The number of likely N-dealkylation sites (tertiary alicyclic amines) is 1. The molecule has 3 aliphatic heterocycles. The second-order valence-corrected chi connectivity index (χ2v) is 9.66. The van der Waals surface area contributed by atoms with Crippen molar-refractivity contribution in [2.45, 2.75) is 30.3 Å². The zero-order valence-electron chi connectivity index (χ0n) is 18.8. The molecule has 8 heteroatoms. The van der Waals surface area contributed by atoms with E-state index in [2.05, 4.69) is 16.9 Å². The largest absolute Gasteiger partial charge is 0.449 e. The highest BCUT2D eigenvalue weighted by Gasteiger charge is 2.57. The number of benzene rings is 1. The molecule has 3 fully saturated rings. The van der Waals surface area contributed by atoms with Gasteiger partial charge in [-0.05, 0) is 37.6 Å². The van der Waals surface area contributed by atoms with Gasteiger partial charge in [-0.15, -0.1) is 0 Å². The Kier molecular flexibility index (Phi) is 5.89. The third-order valence-corrected chi connectivity index (χ3v) is 7.34. The Morgan fingerprint density at radius 1 is 1.06 bits per heavy atom. The van der Waals surface area contributed by atoms with Crippen LogP contribution in [0.3, 0.4) is 0 Å². The van der Waals surface area contributed by atoms with Crippen molar-refractivity contribution < 1.29 is 19.1 Å². The van der Waals surface area contributed by atoms with Crippen LogP contribution in [-0.2, 0) is 25.3 Å². The number of halogens is 1. The van der Waals surface area contributed by atoms with Crippen molar-refractivity contribution in [2.24, 2.45) is 0 Å². The van der Waals surface area contributed by atoms with Crippen LogP contribution in [0.5, 0.6) is 0 Å². The summed E-state index contributed by atoms with van der Waals surface area (Å²) < 4.78 is 10.9. The van der Waals surface area contributed by atoms with Crippen molar-refractivity contribution in [3.05, 3.63) is 64.4 Å². The van der Waals surface area contributed by atoms with Crippen LogP contribution in [0.15, 0.2) is 42.6 Å². The molecule has 4 aliphatic rings. The molecule has 1 aromatic carbocycles. The van der Waals surface area contributed by atoms with Crippen molar-refractivity contribution >= 4 is 23.5 Å². The molecule has 1 saturated carbocycles. The van der Waals surface area contributed by atoms with Gasteiger partial charge in [0.1, 0.15) is 5.15 Å². The highest BCUT2D eigenvalue weighted by molar-refractivity contribution is 6.29. The van der Waals surface area contributed by atoms with Crippen LogP contribution >= 0.6 is 11.6 Å². The molecule has 1 unspecified atom stereocenters. The topological polar surface area (TPSA) is 72.0 Å². The van der Waals surface area contributed by atoms with Gasteiger partial charge in [0, 0.05) is 37.8 Å². The first-order valence-electron chi connectivity index (χ1n) is 11.4. The Morgan fingerprint density at radius 3 is 2.45 bits per heavy atom. The lowest BCUT2D eigenvalue weighted by Gasteiger charge is -2.26. The number of fused-ring (bicyclic) bond motifs is 2. The van der Waals surface area contributed by atoms with E-state index in [0.29, 0.717) is 30.2 Å². The minimum Gasteiger partial charge on any atom is -0.449 e. The Hall–Kier alpha value is -2.48. The van der Waals surface area contributed by atoms with Crippen molar-refractivity contribution in [2.75, 3.05) is 46.4 Å². The molecule has 6 rings (SSSR count). The first-order valence-corrected chi connectivity index (χ1v) is 11.8. The summed E-state index contributed by atoms with van der Waals surface area (Å²) in [6.07, 6.45) is 3.96. The predicted octanol–water partition coefficient (Wildman–Crippen LogP) is 3.01. The lowest BCUT2D eigenvalue weighted by Crippen LogP contribution is -2.40. The molecule has 174 valence electrons. The number of likely N-dealkylation sites (N-methyl/N-ethyl adjacent to an activating group) is 1. The van der Waals surface area contributed by atoms with E-state index in [0.717, 1.165) is 50.3 Å². The molecule has 1 atom stereocenters. The first-order chi connectivity index (χ1) is 15.9.